The van der Waals surface area contributed by atoms with E-state index in [1.807, 2.05) is 0 Å². The molecule has 1 aliphatic heterocycles. The molecule has 3 rings (SSSR count). The Bertz CT molecular complexity index is 882. The first-order valence-electron chi connectivity index (χ1n) is 8.98. The van der Waals surface area contributed by atoms with Crippen LogP contribution in [0.3, 0.4) is 0 Å². The summed E-state index contributed by atoms with van der Waals surface area (Å²) in [4.78, 5) is 39.8. The molecule has 0 spiro atoms. The lowest BCUT2D eigenvalue weighted by molar-refractivity contribution is -0.130. The van der Waals surface area contributed by atoms with E-state index in [0.717, 1.165) is 5.56 Å². The Hall–Kier alpha value is -3.22. The molecule has 146 valence electrons. The molecule has 7 heteroatoms. The number of amides is 2. The summed E-state index contributed by atoms with van der Waals surface area (Å²) in [6.45, 7) is 1.45. The largest absolute Gasteiger partial charge is 0.465 e. The third-order valence-corrected chi connectivity index (χ3v) is 4.70. The number of ether oxygens (including phenoxy) is 1. The zero-order chi connectivity index (χ0) is 20.1. The van der Waals surface area contributed by atoms with Crippen LogP contribution >= 0.6 is 0 Å². The van der Waals surface area contributed by atoms with E-state index in [4.69, 9.17) is 0 Å². The van der Waals surface area contributed by atoms with Gasteiger partial charge < -0.3 is 14.5 Å². The fourth-order valence-corrected chi connectivity index (χ4v) is 3.13. The lowest BCUT2D eigenvalue weighted by Gasteiger charge is -2.22. The standard InChI is InChI=1S/C21H21FN2O4/c1-28-21(27)16-7-5-15(6-8-16)14-24-12-11-23(10-9-19(24)25)20(26)17-3-2-4-18(22)13-17/h2-8,13H,9-12,14H2,1H3. The van der Waals surface area contributed by atoms with Crippen molar-refractivity contribution in [1.29, 1.82) is 0 Å². The molecule has 1 saturated heterocycles. The minimum Gasteiger partial charge on any atom is -0.465 e. The second kappa shape index (κ2) is 8.65. The molecule has 0 N–H and O–H groups in total. The molecule has 28 heavy (non-hydrogen) atoms. The van der Waals surface area contributed by atoms with Gasteiger partial charge >= 0.3 is 5.97 Å². The molecule has 1 aliphatic rings. The Morgan fingerprint density at radius 3 is 2.46 bits per heavy atom. The Balaban J connectivity index is 1.64. The summed E-state index contributed by atoms with van der Waals surface area (Å²) in [6.07, 6.45) is 0.210. The van der Waals surface area contributed by atoms with Crippen LogP contribution in [0.5, 0.6) is 0 Å². The third-order valence-electron chi connectivity index (χ3n) is 4.70. The molecular formula is C21H21FN2O4. The first kappa shape index (κ1) is 19.5. The van der Waals surface area contributed by atoms with Crippen LogP contribution < -0.4 is 0 Å². The van der Waals surface area contributed by atoms with E-state index in [1.165, 1.54) is 25.3 Å². The predicted octanol–water partition coefficient (Wildman–Crippen LogP) is 2.49. The second-order valence-electron chi connectivity index (χ2n) is 6.56. The fraction of sp³-hybridized carbons (Fsp3) is 0.286. The van der Waals surface area contributed by atoms with Gasteiger partial charge in [-0.2, -0.15) is 0 Å². The van der Waals surface area contributed by atoms with Crippen molar-refractivity contribution in [3.05, 3.63) is 71.0 Å². The normalized spacial score (nSPS) is 14.6. The van der Waals surface area contributed by atoms with Crippen molar-refractivity contribution in [3.8, 4) is 0 Å². The number of hydrogen-bond donors (Lipinski definition) is 0. The van der Waals surface area contributed by atoms with Crippen molar-refractivity contribution in [1.82, 2.24) is 9.80 Å². The number of rotatable bonds is 4. The molecular weight excluding hydrogens is 363 g/mol. The van der Waals surface area contributed by atoms with Crippen molar-refractivity contribution in [2.75, 3.05) is 26.7 Å². The number of carbonyl (C=O) groups excluding carboxylic acids is 3. The van der Waals surface area contributed by atoms with Gasteiger partial charge in [0.05, 0.1) is 12.7 Å². The van der Waals surface area contributed by atoms with Gasteiger partial charge in [0.2, 0.25) is 5.91 Å². The predicted molar refractivity (Wildman–Crippen MR) is 100 cm³/mol. The fourth-order valence-electron chi connectivity index (χ4n) is 3.13. The van der Waals surface area contributed by atoms with Crippen molar-refractivity contribution < 1.29 is 23.5 Å². The summed E-state index contributed by atoms with van der Waals surface area (Å²) in [5, 5.41) is 0. The van der Waals surface area contributed by atoms with E-state index in [2.05, 4.69) is 4.74 Å². The number of carbonyl (C=O) groups is 3. The Labute approximate surface area is 162 Å². The van der Waals surface area contributed by atoms with E-state index in [9.17, 15) is 18.8 Å². The first-order chi connectivity index (χ1) is 13.5. The van der Waals surface area contributed by atoms with Gasteiger partial charge in [0.25, 0.3) is 5.91 Å². The van der Waals surface area contributed by atoms with Crippen LogP contribution in [0.15, 0.2) is 48.5 Å². The quantitative estimate of drug-likeness (QED) is 0.760. The summed E-state index contributed by atoms with van der Waals surface area (Å²) in [5.41, 5.74) is 1.60. The summed E-state index contributed by atoms with van der Waals surface area (Å²) >= 11 is 0. The van der Waals surface area contributed by atoms with Gasteiger partial charge in [0.1, 0.15) is 5.82 Å². The van der Waals surface area contributed by atoms with Crippen LogP contribution in [0.2, 0.25) is 0 Å². The van der Waals surface area contributed by atoms with E-state index < -0.39 is 11.8 Å². The highest BCUT2D eigenvalue weighted by atomic mass is 19.1. The SMILES string of the molecule is COC(=O)c1ccc(CN2CCN(C(=O)c3cccc(F)c3)CCC2=O)cc1. The average molecular weight is 384 g/mol. The summed E-state index contributed by atoms with van der Waals surface area (Å²) in [5.74, 6) is -1.21. The van der Waals surface area contributed by atoms with Crippen molar-refractivity contribution in [3.63, 3.8) is 0 Å². The van der Waals surface area contributed by atoms with Crippen molar-refractivity contribution in [2.45, 2.75) is 13.0 Å². The number of hydrogen-bond acceptors (Lipinski definition) is 4. The van der Waals surface area contributed by atoms with E-state index in [-0.39, 0.29) is 23.8 Å². The molecule has 0 aliphatic carbocycles. The number of esters is 1. The summed E-state index contributed by atoms with van der Waals surface area (Å²) < 4.78 is 18.1. The van der Waals surface area contributed by atoms with Gasteiger partial charge in [0, 0.05) is 38.2 Å². The lowest BCUT2D eigenvalue weighted by Crippen LogP contribution is -2.35. The highest BCUT2D eigenvalue weighted by molar-refractivity contribution is 5.94. The number of benzene rings is 2. The smallest absolute Gasteiger partial charge is 0.337 e. The Morgan fingerprint density at radius 2 is 1.79 bits per heavy atom. The summed E-state index contributed by atoms with van der Waals surface area (Å²) in [7, 11) is 1.32. The van der Waals surface area contributed by atoms with Crippen LogP contribution in [0, 0.1) is 5.82 Å². The van der Waals surface area contributed by atoms with Crippen LogP contribution in [-0.4, -0.2) is 54.3 Å². The highest BCUT2D eigenvalue weighted by Gasteiger charge is 2.24. The van der Waals surface area contributed by atoms with E-state index in [0.29, 0.717) is 31.7 Å². The maximum Gasteiger partial charge on any atom is 0.337 e. The minimum atomic E-state index is -0.464. The number of halogens is 1. The molecule has 0 unspecified atom stereocenters. The average Bonchev–Trinajstić information content (AvgIpc) is 2.89. The van der Waals surface area contributed by atoms with Gasteiger partial charge in [-0.1, -0.05) is 18.2 Å². The van der Waals surface area contributed by atoms with Crippen LogP contribution in [0.4, 0.5) is 4.39 Å². The zero-order valence-electron chi connectivity index (χ0n) is 15.6. The maximum absolute atomic E-state index is 13.4. The maximum atomic E-state index is 13.4. The summed E-state index contributed by atoms with van der Waals surface area (Å²) in [6, 6.07) is 12.4. The topological polar surface area (TPSA) is 66.9 Å². The van der Waals surface area contributed by atoms with Gasteiger partial charge in [-0.15, -0.1) is 0 Å². The van der Waals surface area contributed by atoms with Crippen molar-refractivity contribution in [2.24, 2.45) is 0 Å². The molecule has 0 atom stereocenters. The molecule has 0 saturated carbocycles. The van der Waals surface area contributed by atoms with E-state index in [1.54, 1.807) is 40.1 Å². The molecule has 0 aromatic heterocycles. The lowest BCUT2D eigenvalue weighted by atomic mass is 10.1. The minimum absolute atomic E-state index is 0.0495. The van der Waals surface area contributed by atoms with Crippen molar-refractivity contribution >= 4 is 17.8 Å². The van der Waals surface area contributed by atoms with Gasteiger partial charge in [-0.25, -0.2) is 9.18 Å². The third kappa shape index (κ3) is 4.54. The highest BCUT2D eigenvalue weighted by Crippen LogP contribution is 2.14. The molecule has 2 aromatic carbocycles. The molecule has 1 fully saturated rings. The van der Waals surface area contributed by atoms with E-state index >= 15 is 0 Å². The Kier molecular flexibility index (Phi) is 6.03. The number of nitrogens with zero attached hydrogens (tertiary/aromatic N) is 2. The molecule has 2 amide bonds. The monoisotopic (exact) mass is 384 g/mol. The first-order valence-corrected chi connectivity index (χ1v) is 8.98. The van der Waals surface area contributed by atoms with Gasteiger partial charge in [0.15, 0.2) is 0 Å². The second-order valence-corrected chi connectivity index (χ2v) is 6.56. The van der Waals surface area contributed by atoms with Gasteiger partial charge in [-0.05, 0) is 35.9 Å². The zero-order valence-corrected chi connectivity index (χ0v) is 15.6. The van der Waals surface area contributed by atoms with Gasteiger partial charge in [-0.3, -0.25) is 9.59 Å². The molecule has 1 heterocycles. The van der Waals surface area contributed by atoms with Crippen LogP contribution in [0.25, 0.3) is 0 Å². The molecule has 0 radical (unpaired) electrons. The number of methoxy groups -OCH3 is 1. The molecule has 6 nitrogen and oxygen atoms in total. The van der Waals surface area contributed by atoms with Crippen LogP contribution in [0.1, 0.15) is 32.7 Å². The van der Waals surface area contributed by atoms with Crippen LogP contribution in [-0.2, 0) is 16.1 Å². The Morgan fingerprint density at radius 1 is 1.04 bits per heavy atom. The molecule has 2 aromatic rings. The molecule has 0 bridgehead atoms.